The van der Waals surface area contributed by atoms with Crippen LogP contribution in [0.1, 0.15) is 33.7 Å². The molecular formula is C20H15FN4O5S. The zero-order chi connectivity index (χ0) is 22.1. The summed E-state index contributed by atoms with van der Waals surface area (Å²) >= 11 is 1.04. The molecule has 0 fully saturated rings. The van der Waals surface area contributed by atoms with Crippen molar-refractivity contribution in [2.45, 2.75) is 13.8 Å². The second kappa shape index (κ2) is 8.11. The summed E-state index contributed by atoms with van der Waals surface area (Å²) < 4.78 is 24.6. The minimum absolute atomic E-state index is 0.0316. The molecular weight excluding hydrogens is 427 g/mol. The lowest BCUT2D eigenvalue weighted by atomic mass is 10.2. The molecule has 1 aromatic carbocycles. The highest BCUT2D eigenvalue weighted by molar-refractivity contribution is 7.16. The summed E-state index contributed by atoms with van der Waals surface area (Å²) in [7, 11) is 0. The zero-order valence-electron chi connectivity index (χ0n) is 16.3. The van der Waals surface area contributed by atoms with Gasteiger partial charge in [-0.3, -0.25) is 9.59 Å². The highest BCUT2D eigenvalue weighted by Crippen LogP contribution is 2.31. The molecule has 3 aromatic heterocycles. The standard InChI is InChI=1S/C20H15FN4O5S/c1-3-29-20(28)16-13-9-31-18(22-17(26)14-7-10(2)30-24-14)15(13)19(27)25(23-16)12-6-4-5-11(21)8-12/h4-9H,3H2,1-2H3,(H,22,26). The number of hydrogen-bond acceptors (Lipinski definition) is 8. The number of rotatable bonds is 5. The van der Waals surface area contributed by atoms with E-state index in [1.807, 2.05) is 0 Å². The molecule has 4 aromatic rings. The molecule has 3 heterocycles. The smallest absolute Gasteiger partial charge is 0.359 e. The van der Waals surface area contributed by atoms with Gasteiger partial charge in [-0.2, -0.15) is 9.78 Å². The van der Waals surface area contributed by atoms with Crippen LogP contribution in [0.15, 0.2) is 45.0 Å². The van der Waals surface area contributed by atoms with Crippen molar-refractivity contribution in [3.8, 4) is 5.69 Å². The molecule has 0 unspecified atom stereocenters. The third-order valence-electron chi connectivity index (χ3n) is 4.26. The number of aromatic nitrogens is 3. The number of carbonyl (C=O) groups is 2. The van der Waals surface area contributed by atoms with Crippen LogP contribution in [0.4, 0.5) is 9.39 Å². The van der Waals surface area contributed by atoms with Gasteiger partial charge in [0.2, 0.25) is 0 Å². The Morgan fingerprint density at radius 1 is 1.32 bits per heavy atom. The quantitative estimate of drug-likeness (QED) is 0.471. The number of aryl methyl sites for hydroxylation is 1. The van der Waals surface area contributed by atoms with Gasteiger partial charge in [0.1, 0.15) is 16.6 Å². The Morgan fingerprint density at radius 3 is 2.81 bits per heavy atom. The van der Waals surface area contributed by atoms with Crippen molar-refractivity contribution in [3.05, 3.63) is 69.0 Å². The van der Waals surface area contributed by atoms with E-state index in [-0.39, 0.29) is 39.5 Å². The summed E-state index contributed by atoms with van der Waals surface area (Å²) in [6.45, 7) is 3.37. The maximum absolute atomic E-state index is 13.8. The molecule has 0 saturated heterocycles. The number of nitrogens with zero attached hydrogens (tertiary/aromatic N) is 3. The van der Waals surface area contributed by atoms with Crippen molar-refractivity contribution in [1.29, 1.82) is 0 Å². The van der Waals surface area contributed by atoms with E-state index in [1.165, 1.54) is 29.6 Å². The minimum Gasteiger partial charge on any atom is -0.461 e. The first-order valence-electron chi connectivity index (χ1n) is 9.11. The topological polar surface area (TPSA) is 116 Å². The van der Waals surface area contributed by atoms with E-state index >= 15 is 0 Å². The Hall–Kier alpha value is -3.86. The summed E-state index contributed by atoms with van der Waals surface area (Å²) in [4.78, 5) is 38.2. The number of ether oxygens (including phenoxy) is 1. The van der Waals surface area contributed by atoms with Crippen LogP contribution >= 0.6 is 11.3 Å². The fourth-order valence-electron chi connectivity index (χ4n) is 2.92. The minimum atomic E-state index is -0.750. The molecule has 9 nitrogen and oxygen atoms in total. The third-order valence-corrected chi connectivity index (χ3v) is 5.16. The number of amides is 1. The number of carbonyl (C=O) groups excluding carboxylic acids is 2. The molecule has 158 valence electrons. The highest BCUT2D eigenvalue weighted by atomic mass is 32.1. The molecule has 0 aliphatic heterocycles. The second-order valence-electron chi connectivity index (χ2n) is 6.40. The van der Waals surface area contributed by atoms with Crippen LogP contribution in [0.5, 0.6) is 0 Å². The van der Waals surface area contributed by atoms with Gasteiger partial charge in [0.15, 0.2) is 11.4 Å². The van der Waals surface area contributed by atoms with Gasteiger partial charge in [0, 0.05) is 16.8 Å². The van der Waals surface area contributed by atoms with Crippen LogP contribution in [0, 0.1) is 12.7 Å². The monoisotopic (exact) mass is 442 g/mol. The molecule has 1 amide bonds. The highest BCUT2D eigenvalue weighted by Gasteiger charge is 2.24. The Bertz CT molecular complexity index is 1370. The summed E-state index contributed by atoms with van der Waals surface area (Å²) in [6, 6.07) is 6.66. The van der Waals surface area contributed by atoms with Gasteiger partial charge in [-0.15, -0.1) is 11.3 Å². The van der Waals surface area contributed by atoms with Crippen molar-refractivity contribution in [2.75, 3.05) is 11.9 Å². The fraction of sp³-hybridized carbons (Fsp3) is 0.150. The van der Waals surface area contributed by atoms with Crippen molar-refractivity contribution < 1.29 is 23.2 Å². The average molecular weight is 442 g/mol. The van der Waals surface area contributed by atoms with E-state index in [0.29, 0.717) is 5.76 Å². The first-order chi connectivity index (χ1) is 14.9. The van der Waals surface area contributed by atoms with Gasteiger partial charge in [0.25, 0.3) is 11.5 Å². The normalized spacial score (nSPS) is 10.9. The van der Waals surface area contributed by atoms with E-state index in [1.54, 1.807) is 13.8 Å². The van der Waals surface area contributed by atoms with Gasteiger partial charge in [-0.25, -0.2) is 9.18 Å². The van der Waals surface area contributed by atoms with Gasteiger partial charge < -0.3 is 14.6 Å². The van der Waals surface area contributed by atoms with Crippen LogP contribution in [0.2, 0.25) is 0 Å². The second-order valence-corrected chi connectivity index (χ2v) is 7.28. The van der Waals surface area contributed by atoms with E-state index in [9.17, 15) is 18.8 Å². The van der Waals surface area contributed by atoms with Crippen LogP contribution in [0.3, 0.4) is 0 Å². The Balaban J connectivity index is 1.90. The summed E-state index contributed by atoms with van der Waals surface area (Å²) in [5.41, 5.74) is -0.617. The lowest BCUT2D eigenvalue weighted by Crippen LogP contribution is -2.25. The zero-order valence-corrected chi connectivity index (χ0v) is 17.2. The predicted molar refractivity (Wildman–Crippen MR) is 110 cm³/mol. The number of hydrogen-bond donors (Lipinski definition) is 1. The van der Waals surface area contributed by atoms with E-state index < -0.39 is 23.3 Å². The molecule has 0 bridgehead atoms. The number of benzene rings is 1. The van der Waals surface area contributed by atoms with E-state index in [4.69, 9.17) is 9.26 Å². The van der Waals surface area contributed by atoms with Crippen molar-refractivity contribution in [1.82, 2.24) is 14.9 Å². The molecule has 0 radical (unpaired) electrons. The molecule has 0 aliphatic rings. The summed E-state index contributed by atoms with van der Waals surface area (Å²) in [5, 5.41) is 12.3. The Morgan fingerprint density at radius 2 is 2.13 bits per heavy atom. The molecule has 0 saturated carbocycles. The molecule has 4 rings (SSSR count). The average Bonchev–Trinajstić information content (AvgIpc) is 3.35. The lowest BCUT2D eigenvalue weighted by molar-refractivity contribution is 0.0520. The van der Waals surface area contributed by atoms with Crippen molar-refractivity contribution in [3.63, 3.8) is 0 Å². The van der Waals surface area contributed by atoms with Gasteiger partial charge >= 0.3 is 5.97 Å². The van der Waals surface area contributed by atoms with E-state index in [2.05, 4.69) is 15.6 Å². The third kappa shape index (κ3) is 3.82. The number of esters is 1. The maximum Gasteiger partial charge on any atom is 0.359 e. The Labute approximate surface area is 178 Å². The van der Waals surface area contributed by atoms with Crippen LogP contribution in [-0.2, 0) is 4.74 Å². The van der Waals surface area contributed by atoms with Crippen molar-refractivity contribution >= 4 is 39.0 Å². The fourth-order valence-corrected chi connectivity index (χ4v) is 3.85. The molecule has 0 spiro atoms. The number of thiophene rings is 1. The van der Waals surface area contributed by atoms with Gasteiger partial charge in [-0.05, 0) is 32.0 Å². The molecule has 11 heteroatoms. The number of halogens is 1. The molecule has 1 N–H and O–H groups in total. The van der Waals surface area contributed by atoms with Crippen LogP contribution < -0.4 is 10.9 Å². The first-order valence-corrected chi connectivity index (χ1v) is 9.99. The maximum atomic E-state index is 13.8. The first kappa shape index (κ1) is 20.4. The van der Waals surface area contributed by atoms with Crippen LogP contribution in [-0.4, -0.2) is 33.4 Å². The summed E-state index contributed by atoms with van der Waals surface area (Å²) in [5.74, 6) is -1.47. The lowest BCUT2D eigenvalue weighted by Gasteiger charge is -2.09. The Kier molecular flexibility index (Phi) is 5.34. The largest absolute Gasteiger partial charge is 0.461 e. The molecule has 0 atom stereocenters. The van der Waals surface area contributed by atoms with Gasteiger partial charge in [0.05, 0.1) is 17.7 Å². The van der Waals surface area contributed by atoms with Crippen molar-refractivity contribution in [2.24, 2.45) is 0 Å². The summed E-state index contributed by atoms with van der Waals surface area (Å²) in [6.07, 6.45) is 0. The SMILES string of the molecule is CCOC(=O)c1nn(-c2cccc(F)c2)c(=O)c2c(NC(=O)c3cc(C)on3)scc12. The number of nitrogens with one attached hydrogen (secondary N) is 1. The predicted octanol–water partition coefficient (Wildman–Crippen LogP) is 3.31. The molecule has 0 aliphatic carbocycles. The molecule has 31 heavy (non-hydrogen) atoms. The van der Waals surface area contributed by atoms with E-state index in [0.717, 1.165) is 22.1 Å². The number of fused-ring (bicyclic) bond motifs is 1. The van der Waals surface area contributed by atoms with Crippen LogP contribution in [0.25, 0.3) is 16.5 Å². The van der Waals surface area contributed by atoms with Gasteiger partial charge in [-0.1, -0.05) is 11.2 Å². The number of anilines is 1.